The number of hydrogen-bond donors (Lipinski definition) is 1. The van der Waals surface area contributed by atoms with Gasteiger partial charge in [0.1, 0.15) is 11.6 Å². The van der Waals surface area contributed by atoms with Gasteiger partial charge in [-0.1, -0.05) is 30.3 Å². The molecule has 0 saturated heterocycles. The first kappa shape index (κ1) is 14.5. The number of aromatic nitrogens is 2. The van der Waals surface area contributed by atoms with Crippen molar-refractivity contribution in [2.75, 3.05) is 32.5 Å². The number of likely N-dealkylation sites (N-methyl/N-ethyl adjacent to an activating group) is 1. The van der Waals surface area contributed by atoms with E-state index < -0.39 is 0 Å². The summed E-state index contributed by atoms with van der Waals surface area (Å²) in [7, 11) is 4.12. The van der Waals surface area contributed by atoms with Crippen LogP contribution in [0.3, 0.4) is 0 Å². The molecule has 1 aromatic carbocycles. The summed E-state index contributed by atoms with van der Waals surface area (Å²) in [6.07, 6.45) is 0.853. The van der Waals surface area contributed by atoms with Crippen LogP contribution in [0.2, 0.25) is 0 Å². The van der Waals surface area contributed by atoms with E-state index in [4.69, 9.17) is 0 Å². The van der Waals surface area contributed by atoms with Crippen molar-refractivity contribution < 1.29 is 0 Å². The van der Waals surface area contributed by atoms with E-state index in [-0.39, 0.29) is 0 Å². The number of nitrogens with one attached hydrogen (secondary N) is 1. The second kappa shape index (κ2) is 7.01. The van der Waals surface area contributed by atoms with Crippen LogP contribution in [0.25, 0.3) is 11.3 Å². The zero-order chi connectivity index (χ0) is 14.4. The maximum atomic E-state index is 4.68. The fourth-order valence-corrected chi connectivity index (χ4v) is 1.96. The summed E-state index contributed by atoms with van der Waals surface area (Å²) in [5.41, 5.74) is 2.10. The summed E-state index contributed by atoms with van der Waals surface area (Å²) >= 11 is 0. The lowest BCUT2D eigenvalue weighted by molar-refractivity contribution is 0.409. The minimum Gasteiger partial charge on any atom is -0.370 e. The van der Waals surface area contributed by atoms with Gasteiger partial charge in [0, 0.05) is 31.1 Å². The summed E-state index contributed by atoms with van der Waals surface area (Å²) in [5.74, 6) is 1.78. The van der Waals surface area contributed by atoms with Crippen LogP contribution in [0.1, 0.15) is 12.7 Å². The van der Waals surface area contributed by atoms with Crippen LogP contribution in [0.15, 0.2) is 36.4 Å². The molecule has 0 fully saturated rings. The Hall–Kier alpha value is -1.94. The van der Waals surface area contributed by atoms with Crippen LogP contribution in [-0.4, -0.2) is 42.1 Å². The number of hydrogen-bond acceptors (Lipinski definition) is 4. The van der Waals surface area contributed by atoms with E-state index in [1.807, 2.05) is 24.3 Å². The molecule has 2 aromatic rings. The molecule has 2 rings (SSSR count). The Kier molecular flexibility index (Phi) is 5.07. The summed E-state index contributed by atoms with van der Waals surface area (Å²) in [5, 5.41) is 3.28. The second-order valence-electron chi connectivity index (χ2n) is 5.00. The van der Waals surface area contributed by atoms with Crippen molar-refractivity contribution in [3.05, 3.63) is 42.2 Å². The van der Waals surface area contributed by atoms with E-state index >= 15 is 0 Å². The zero-order valence-electron chi connectivity index (χ0n) is 12.4. The van der Waals surface area contributed by atoms with Crippen LogP contribution in [-0.2, 0) is 6.42 Å². The van der Waals surface area contributed by atoms with Crippen LogP contribution < -0.4 is 5.32 Å². The van der Waals surface area contributed by atoms with Crippen molar-refractivity contribution in [2.45, 2.75) is 13.3 Å². The van der Waals surface area contributed by atoms with E-state index in [1.165, 1.54) is 0 Å². The van der Waals surface area contributed by atoms with Gasteiger partial charge in [0.25, 0.3) is 0 Å². The Morgan fingerprint density at radius 2 is 1.85 bits per heavy atom. The highest BCUT2D eigenvalue weighted by Gasteiger charge is 2.06. The van der Waals surface area contributed by atoms with Crippen molar-refractivity contribution >= 4 is 5.82 Å². The maximum Gasteiger partial charge on any atom is 0.132 e. The minimum absolute atomic E-state index is 0.853. The first-order chi connectivity index (χ1) is 9.69. The molecule has 0 atom stereocenters. The molecule has 106 valence electrons. The largest absolute Gasteiger partial charge is 0.370 e. The molecule has 0 unspecified atom stereocenters. The summed E-state index contributed by atoms with van der Waals surface area (Å²) in [6, 6.07) is 12.2. The molecule has 1 N–H and O–H groups in total. The van der Waals surface area contributed by atoms with Crippen molar-refractivity contribution in [2.24, 2.45) is 0 Å². The fraction of sp³-hybridized carbons (Fsp3) is 0.375. The summed E-state index contributed by atoms with van der Waals surface area (Å²) < 4.78 is 0. The monoisotopic (exact) mass is 270 g/mol. The standard InChI is InChI=1S/C16H22N4/c1-4-17-16-12-14(13-8-6-5-7-9-13)18-15(19-16)10-11-20(2)3/h5-9,12H,4,10-11H2,1-3H3,(H,17,18,19). The van der Waals surface area contributed by atoms with Crippen molar-refractivity contribution in [1.82, 2.24) is 14.9 Å². The molecule has 0 aliphatic carbocycles. The third-order valence-electron chi connectivity index (χ3n) is 2.98. The molecule has 0 spiro atoms. The van der Waals surface area contributed by atoms with Gasteiger partial charge < -0.3 is 10.2 Å². The Morgan fingerprint density at radius 1 is 1.10 bits per heavy atom. The average molecular weight is 270 g/mol. The van der Waals surface area contributed by atoms with Gasteiger partial charge in [0.2, 0.25) is 0 Å². The smallest absolute Gasteiger partial charge is 0.132 e. The van der Waals surface area contributed by atoms with Crippen LogP contribution in [0.5, 0.6) is 0 Å². The lowest BCUT2D eigenvalue weighted by Crippen LogP contribution is -2.17. The highest BCUT2D eigenvalue weighted by Crippen LogP contribution is 2.19. The van der Waals surface area contributed by atoms with E-state index in [0.717, 1.165) is 42.4 Å². The summed E-state index contributed by atoms with van der Waals surface area (Å²) in [6.45, 7) is 3.88. The second-order valence-corrected chi connectivity index (χ2v) is 5.00. The van der Waals surface area contributed by atoms with Gasteiger partial charge in [-0.15, -0.1) is 0 Å². The topological polar surface area (TPSA) is 41.1 Å². The third-order valence-corrected chi connectivity index (χ3v) is 2.98. The molecule has 4 heteroatoms. The molecular weight excluding hydrogens is 248 g/mol. The highest BCUT2D eigenvalue weighted by atomic mass is 15.1. The molecule has 0 bridgehead atoms. The Morgan fingerprint density at radius 3 is 2.50 bits per heavy atom. The number of benzene rings is 1. The van der Waals surface area contributed by atoms with Crippen LogP contribution in [0, 0.1) is 0 Å². The SMILES string of the molecule is CCNc1cc(-c2ccccc2)nc(CCN(C)C)n1. The summed E-state index contributed by atoms with van der Waals surface area (Å²) in [4.78, 5) is 11.4. The maximum absolute atomic E-state index is 4.68. The normalized spacial score (nSPS) is 10.8. The van der Waals surface area contributed by atoms with Crippen molar-refractivity contribution in [3.8, 4) is 11.3 Å². The van der Waals surface area contributed by atoms with Gasteiger partial charge in [-0.05, 0) is 21.0 Å². The molecular formula is C16H22N4. The van der Waals surface area contributed by atoms with Gasteiger partial charge in [0.05, 0.1) is 5.69 Å². The van der Waals surface area contributed by atoms with Crippen molar-refractivity contribution in [3.63, 3.8) is 0 Å². The lowest BCUT2D eigenvalue weighted by Gasteiger charge is -2.11. The third kappa shape index (κ3) is 4.03. The molecule has 1 aromatic heterocycles. The highest BCUT2D eigenvalue weighted by molar-refractivity contribution is 5.62. The molecule has 0 aliphatic rings. The molecule has 0 amide bonds. The van der Waals surface area contributed by atoms with Gasteiger partial charge in [-0.3, -0.25) is 0 Å². The van der Waals surface area contributed by atoms with Crippen LogP contribution >= 0.6 is 0 Å². The predicted molar refractivity (Wildman–Crippen MR) is 83.9 cm³/mol. The first-order valence-electron chi connectivity index (χ1n) is 7.01. The minimum atomic E-state index is 0.853. The average Bonchev–Trinajstić information content (AvgIpc) is 2.46. The first-order valence-corrected chi connectivity index (χ1v) is 7.01. The molecule has 4 nitrogen and oxygen atoms in total. The zero-order valence-corrected chi connectivity index (χ0v) is 12.4. The molecule has 0 aliphatic heterocycles. The van der Waals surface area contributed by atoms with E-state index in [9.17, 15) is 0 Å². The Labute approximate surface area is 120 Å². The van der Waals surface area contributed by atoms with Crippen molar-refractivity contribution in [1.29, 1.82) is 0 Å². The van der Waals surface area contributed by atoms with Gasteiger partial charge >= 0.3 is 0 Å². The van der Waals surface area contributed by atoms with E-state index in [1.54, 1.807) is 0 Å². The molecule has 1 heterocycles. The molecule has 0 radical (unpaired) electrons. The van der Waals surface area contributed by atoms with Gasteiger partial charge in [0.15, 0.2) is 0 Å². The Balaban J connectivity index is 2.31. The lowest BCUT2D eigenvalue weighted by atomic mass is 10.1. The molecule has 0 saturated carbocycles. The Bertz CT molecular complexity index is 537. The fourth-order valence-electron chi connectivity index (χ4n) is 1.96. The van der Waals surface area contributed by atoms with Gasteiger partial charge in [-0.2, -0.15) is 0 Å². The number of anilines is 1. The number of rotatable bonds is 6. The van der Waals surface area contributed by atoms with Gasteiger partial charge in [-0.25, -0.2) is 9.97 Å². The molecule has 20 heavy (non-hydrogen) atoms. The quantitative estimate of drug-likeness (QED) is 0.876. The van der Waals surface area contributed by atoms with E-state index in [0.29, 0.717) is 0 Å². The predicted octanol–water partition coefficient (Wildman–Crippen LogP) is 2.68. The van der Waals surface area contributed by atoms with Crippen LogP contribution in [0.4, 0.5) is 5.82 Å². The number of nitrogens with zero attached hydrogens (tertiary/aromatic N) is 3. The van der Waals surface area contributed by atoms with E-state index in [2.05, 4.69) is 53.3 Å².